The summed E-state index contributed by atoms with van der Waals surface area (Å²) in [5.74, 6) is -0.651. The quantitative estimate of drug-likeness (QED) is 0.558. The van der Waals surface area contributed by atoms with E-state index in [2.05, 4.69) is 20.3 Å². The summed E-state index contributed by atoms with van der Waals surface area (Å²) in [7, 11) is 0. The van der Waals surface area contributed by atoms with Gasteiger partial charge >= 0.3 is 0 Å². The summed E-state index contributed by atoms with van der Waals surface area (Å²) < 4.78 is 16.4. The number of nitrogens with two attached hydrogens (primary N) is 1. The first-order chi connectivity index (χ1) is 11.6. The summed E-state index contributed by atoms with van der Waals surface area (Å²) in [5.41, 5.74) is 6.98. The van der Waals surface area contributed by atoms with Gasteiger partial charge in [-0.25, -0.2) is 14.1 Å². The molecule has 4 rings (SSSR count). The molecule has 0 bridgehead atoms. The standard InChI is InChI=1S/C14H10FN7OS/c15-8-1-3-9(4-2-8)22-12-10(5-18-22)13-19-20-14(21(13)7-17-12)24-6-11(16)23/h1-5,7H,6H2,(H2,16,23). The van der Waals surface area contributed by atoms with Crippen molar-refractivity contribution in [3.63, 3.8) is 0 Å². The smallest absolute Gasteiger partial charge is 0.227 e. The summed E-state index contributed by atoms with van der Waals surface area (Å²) in [6, 6.07) is 5.95. The van der Waals surface area contributed by atoms with Crippen LogP contribution in [0.4, 0.5) is 4.39 Å². The van der Waals surface area contributed by atoms with E-state index in [-0.39, 0.29) is 11.6 Å². The summed E-state index contributed by atoms with van der Waals surface area (Å²) in [5, 5.41) is 13.7. The van der Waals surface area contributed by atoms with Crippen LogP contribution in [0.25, 0.3) is 22.4 Å². The van der Waals surface area contributed by atoms with Crippen LogP contribution in [0.5, 0.6) is 0 Å². The Hall–Kier alpha value is -3.01. The largest absolute Gasteiger partial charge is 0.369 e. The van der Waals surface area contributed by atoms with Gasteiger partial charge in [-0.05, 0) is 24.3 Å². The molecule has 0 radical (unpaired) electrons. The number of nitrogens with zero attached hydrogens (tertiary/aromatic N) is 6. The first-order valence-electron chi connectivity index (χ1n) is 6.88. The molecule has 120 valence electrons. The molecule has 3 heterocycles. The molecule has 0 fully saturated rings. The van der Waals surface area contributed by atoms with E-state index in [9.17, 15) is 9.18 Å². The van der Waals surface area contributed by atoms with Crippen LogP contribution < -0.4 is 5.73 Å². The molecular formula is C14H10FN7OS. The number of carbonyl (C=O) groups excluding carboxylic acids is 1. The number of aromatic nitrogens is 6. The fourth-order valence-corrected chi connectivity index (χ4v) is 2.95. The van der Waals surface area contributed by atoms with Gasteiger partial charge in [0.15, 0.2) is 16.5 Å². The second kappa shape index (κ2) is 5.57. The van der Waals surface area contributed by atoms with Gasteiger partial charge in [0.05, 0.1) is 23.0 Å². The Morgan fingerprint density at radius 1 is 1.21 bits per heavy atom. The van der Waals surface area contributed by atoms with E-state index in [1.54, 1.807) is 33.7 Å². The van der Waals surface area contributed by atoms with Crippen molar-refractivity contribution in [2.45, 2.75) is 5.16 Å². The first-order valence-corrected chi connectivity index (χ1v) is 7.86. The molecule has 0 spiro atoms. The lowest BCUT2D eigenvalue weighted by Crippen LogP contribution is -2.13. The van der Waals surface area contributed by atoms with Crippen molar-refractivity contribution in [3.8, 4) is 5.69 Å². The van der Waals surface area contributed by atoms with E-state index >= 15 is 0 Å². The van der Waals surface area contributed by atoms with Crippen LogP contribution in [0.15, 0.2) is 41.9 Å². The third-order valence-corrected chi connectivity index (χ3v) is 4.32. The van der Waals surface area contributed by atoms with Gasteiger partial charge in [-0.3, -0.25) is 9.20 Å². The number of thioether (sulfide) groups is 1. The number of amides is 1. The summed E-state index contributed by atoms with van der Waals surface area (Å²) in [4.78, 5) is 15.3. The van der Waals surface area contributed by atoms with Crippen LogP contribution in [0.3, 0.4) is 0 Å². The highest BCUT2D eigenvalue weighted by atomic mass is 32.2. The van der Waals surface area contributed by atoms with Crippen molar-refractivity contribution in [3.05, 3.63) is 42.6 Å². The third-order valence-electron chi connectivity index (χ3n) is 3.36. The van der Waals surface area contributed by atoms with Crippen LogP contribution in [-0.2, 0) is 4.79 Å². The number of benzene rings is 1. The molecule has 3 aromatic heterocycles. The zero-order chi connectivity index (χ0) is 16.7. The maximum Gasteiger partial charge on any atom is 0.227 e. The van der Waals surface area contributed by atoms with Crippen LogP contribution in [0.2, 0.25) is 0 Å². The molecule has 0 saturated heterocycles. The van der Waals surface area contributed by atoms with Gasteiger partial charge < -0.3 is 5.73 Å². The summed E-state index contributed by atoms with van der Waals surface area (Å²) in [6.45, 7) is 0. The van der Waals surface area contributed by atoms with Gasteiger partial charge in [0.25, 0.3) is 0 Å². The van der Waals surface area contributed by atoms with Gasteiger partial charge in [0.1, 0.15) is 12.1 Å². The SMILES string of the molecule is NC(=O)CSc1nnc2c3cnn(-c4ccc(F)cc4)c3ncn12. The lowest BCUT2D eigenvalue weighted by molar-refractivity contribution is -0.115. The molecule has 2 N–H and O–H groups in total. The van der Waals surface area contributed by atoms with E-state index in [1.165, 1.54) is 23.9 Å². The second-order valence-electron chi connectivity index (χ2n) is 4.95. The number of fused-ring (bicyclic) bond motifs is 3. The molecular weight excluding hydrogens is 333 g/mol. The van der Waals surface area contributed by atoms with Crippen molar-refractivity contribution in [2.75, 3.05) is 5.75 Å². The summed E-state index contributed by atoms with van der Waals surface area (Å²) in [6.07, 6.45) is 3.18. The fourth-order valence-electron chi connectivity index (χ4n) is 2.31. The molecule has 8 nitrogen and oxygen atoms in total. The Balaban J connectivity index is 1.82. The van der Waals surface area contributed by atoms with E-state index in [4.69, 9.17) is 5.73 Å². The Kier molecular flexibility index (Phi) is 3.38. The Labute approximate surface area is 138 Å². The molecule has 0 unspecified atom stereocenters. The molecule has 0 saturated carbocycles. The van der Waals surface area contributed by atoms with Crippen LogP contribution in [0, 0.1) is 5.82 Å². The maximum atomic E-state index is 13.1. The van der Waals surface area contributed by atoms with Crippen molar-refractivity contribution >= 4 is 34.3 Å². The Morgan fingerprint density at radius 2 is 2.00 bits per heavy atom. The number of primary amides is 1. The molecule has 1 aromatic carbocycles. The van der Waals surface area contributed by atoms with E-state index in [1.807, 2.05) is 0 Å². The maximum absolute atomic E-state index is 13.1. The zero-order valence-electron chi connectivity index (χ0n) is 12.1. The van der Waals surface area contributed by atoms with Gasteiger partial charge in [-0.2, -0.15) is 5.10 Å². The summed E-state index contributed by atoms with van der Waals surface area (Å²) >= 11 is 1.18. The lowest BCUT2D eigenvalue weighted by Gasteiger charge is -2.03. The normalized spacial score (nSPS) is 11.4. The van der Waals surface area contributed by atoms with Crippen molar-refractivity contribution < 1.29 is 9.18 Å². The predicted octanol–water partition coefficient (Wildman–Crippen LogP) is 1.18. The monoisotopic (exact) mass is 343 g/mol. The molecule has 0 atom stereocenters. The van der Waals surface area contributed by atoms with Gasteiger partial charge in [-0.1, -0.05) is 11.8 Å². The molecule has 24 heavy (non-hydrogen) atoms. The van der Waals surface area contributed by atoms with Crippen molar-refractivity contribution in [2.24, 2.45) is 5.73 Å². The average molecular weight is 343 g/mol. The number of carbonyl (C=O) groups is 1. The number of rotatable bonds is 4. The van der Waals surface area contributed by atoms with Crippen molar-refractivity contribution in [1.29, 1.82) is 0 Å². The molecule has 0 aliphatic carbocycles. The Morgan fingerprint density at radius 3 is 2.75 bits per heavy atom. The molecule has 1 amide bonds. The highest BCUT2D eigenvalue weighted by molar-refractivity contribution is 7.99. The second-order valence-corrected chi connectivity index (χ2v) is 5.89. The predicted molar refractivity (Wildman–Crippen MR) is 85.3 cm³/mol. The van der Waals surface area contributed by atoms with Crippen LogP contribution in [0.1, 0.15) is 0 Å². The topological polar surface area (TPSA) is 104 Å². The van der Waals surface area contributed by atoms with Crippen molar-refractivity contribution in [1.82, 2.24) is 29.4 Å². The van der Waals surface area contributed by atoms with Gasteiger partial charge in [-0.15, -0.1) is 10.2 Å². The zero-order valence-corrected chi connectivity index (χ0v) is 12.9. The number of halogens is 1. The molecule has 0 aliphatic rings. The lowest BCUT2D eigenvalue weighted by atomic mass is 10.3. The van der Waals surface area contributed by atoms with E-state index in [0.717, 1.165) is 0 Å². The van der Waals surface area contributed by atoms with Gasteiger partial charge in [0, 0.05) is 0 Å². The first kappa shape index (κ1) is 14.6. The minimum Gasteiger partial charge on any atom is -0.369 e. The Bertz CT molecular complexity index is 1060. The van der Waals surface area contributed by atoms with E-state index < -0.39 is 5.91 Å². The average Bonchev–Trinajstić information content (AvgIpc) is 3.17. The van der Waals surface area contributed by atoms with Crippen LogP contribution >= 0.6 is 11.8 Å². The van der Waals surface area contributed by atoms with E-state index in [0.29, 0.717) is 27.5 Å². The third kappa shape index (κ3) is 2.36. The van der Waals surface area contributed by atoms with Crippen LogP contribution in [-0.4, -0.2) is 41.0 Å². The number of hydrogen-bond donors (Lipinski definition) is 1. The van der Waals surface area contributed by atoms with Gasteiger partial charge in [0.2, 0.25) is 5.91 Å². The molecule has 10 heteroatoms. The minimum absolute atomic E-state index is 0.105. The highest BCUT2D eigenvalue weighted by Crippen LogP contribution is 2.23. The molecule has 4 aromatic rings. The minimum atomic E-state index is -0.435. The molecule has 0 aliphatic heterocycles. The fraction of sp³-hybridized carbons (Fsp3) is 0.0714. The number of hydrogen-bond acceptors (Lipinski definition) is 6. The highest BCUT2D eigenvalue weighted by Gasteiger charge is 2.15.